The Morgan fingerprint density at radius 1 is 0.974 bits per heavy atom. The quantitative estimate of drug-likeness (QED) is 0.381. The summed E-state index contributed by atoms with van der Waals surface area (Å²) in [6.45, 7) is 13.1. The number of anilines is 4. The molecule has 0 saturated carbocycles. The maximum atomic E-state index is 6.02. The van der Waals surface area contributed by atoms with E-state index < -0.39 is 0 Å². The largest absolute Gasteiger partial charge is 0.384 e. The van der Waals surface area contributed by atoms with Gasteiger partial charge in [0.25, 0.3) is 0 Å². The number of fused-ring (bicyclic) bond motifs is 1. The summed E-state index contributed by atoms with van der Waals surface area (Å²) in [4.78, 5) is 21.3. The summed E-state index contributed by atoms with van der Waals surface area (Å²) in [6, 6.07) is 16.4. The Kier molecular flexibility index (Phi) is 7.23. The van der Waals surface area contributed by atoms with E-state index in [0.717, 1.165) is 67.5 Å². The van der Waals surface area contributed by atoms with Gasteiger partial charge < -0.3 is 20.9 Å². The number of hydrogen-bond acceptors (Lipinski definition) is 8. The van der Waals surface area contributed by atoms with E-state index in [1.807, 2.05) is 18.3 Å². The van der Waals surface area contributed by atoms with Crippen LogP contribution < -0.4 is 16.0 Å². The second-order valence-corrected chi connectivity index (χ2v) is 11.3. The minimum Gasteiger partial charge on any atom is -0.384 e. The third kappa shape index (κ3) is 5.74. The zero-order chi connectivity index (χ0) is 26.9. The molecule has 4 aromatic rings. The van der Waals surface area contributed by atoms with Crippen molar-refractivity contribution in [2.24, 2.45) is 0 Å². The van der Waals surface area contributed by atoms with Gasteiger partial charge in [0.1, 0.15) is 11.6 Å². The van der Waals surface area contributed by atoms with Gasteiger partial charge in [0, 0.05) is 73.3 Å². The maximum absolute atomic E-state index is 6.02. The Bertz CT molecular complexity index is 1380. The van der Waals surface area contributed by atoms with Gasteiger partial charge in [-0.1, -0.05) is 26.8 Å². The van der Waals surface area contributed by atoms with Crippen LogP contribution in [0.2, 0.25) is 0 Å². The van der Waals surface area contributed by atoms with E-state index in [-0.39, 0.29) is 5.41 Å². The van der Waals surface area contributed by atoms with Crippen LogP contribution in [0.25, 0.3) is 16.9 Å². The Hall–Kier alpha value is -3.69. The molecule has 9 heteroatoms. The van der Waals surface area contributed by atoms with Gasteiger partial charge in [0.15, 0.2) is 5.65 Å². The second-order valence-electron chi connectivity index (χ2n) is 11.3. The van der Waals surface area contributed by atoms with Crippen molar-refractivity contribution in [2.75, 3.05) is 69.3 Å². The Morgan fingerprint density at radius 3 is 2.37 bits per heavy atom. The van der Waals surface area contributed by atoms with Gasteiger partial charge in [0.2, 0.25) is 5.95 Å². The fourth-order valence-electron chi connectivity index (χ4n) is 4.85. The first-order chi connectivity index (χ1) is 18.2. The minimum absolute atomic E-state index is 0.117. The highest BCUT2D eigenvalue weighted by atomic mass is 15.3. The van der Waals surface area contributed by atoms with E-state index in [1.54, 1.807) is 6.07 Å². The third-order valence-corrected chi connectivity index (χ3v) is 7.02. The molecule has 1 saturated heterocycles. The molecule has 38 heavy (non-hydrogen) atoms. The van der Waals surface area contributed by atoms with Gasteiger partial charge in [-0.05, 0) is 56.6 Å². The lowest BCUT2D eigenvalue weighted by Gasteiger charge is -2.36. The molecule has 1 aliphatic heterocycles. The maximum Gasteiger partial charge on any atom is 0.229 e. The molecule has 0 atom stereocenters. The number of nitrogens with two attached hydrogens (primary N) is 1. The van der Waals surface area contributed by atoms with Crippen LogP contribution in [-0.4, -0.2) is 82.7 Å². The lowest BCUT2D eigenvalue weighted by Crippen LogP contribution is -2.48. The number of nitrogens with one attached hydrogen (secondary N) is 1. The molecule has 1 aromatic carbocycles. The van der Waals surface area contributed by atoms with E-state index in [2.05, 4.69) is 99.7 Å². The summed E-state index contributed by atoms with van der Waals surface area (Å²) in [7, 11) is 4.26. The second kappa shape index (κ2) is 10.6. The molecule has 3 N–H and O–H groups in total. The van der Waals surface area contributed by atoms with Crippen LogP contribution in [0.1, 0.15) is 26.5 Å². The standard InChI is InChI=1S/C29H39N9/c1-29(2,3)24-19-21-20-31-28(34-27(21)38(24)26-8-6-7-25(30)33-26)32-22-9-11-23(12-10-22)37-17-15-36(16-18-37)14-13-35(4)5/h6-12,19-20H,13-18H2,1-5H3,(H2,30,33)(H,31,32,34). The van der Waals surface area contributed by atoms with Crippen molar-refractivity contribution >= 4 is 34.2 Å². The molecule has 4 heterocycles. The molecule has 200 valence electrons. The van der Waals surface area contributed by atoms with Crippen LogP contribution in [0.4, 0.5) is 23.1 Å². The third-order valence-electron chi connectivity index (χ3n) is 7.02. The van der Waals surface area contributed by atoms with Crippen molar-refractivity contribution in [3.63, 3.8) is 0 Å². The highest BCUT2D eigenvalue weighted by Crippen LogP contribution is 2.32. The summed E-state index contributed by atoms with van der Waals surface area (Å²) in [5, 5.41) is 4.35. The highest BCUT2D eigenvalue weighted by Gasteiger charge is 2.24. The van der Waals surface area contributed by atoms with Crippen LogP contribution in [-0.2, 0) is 5.41 Å². The number of nitrogens with zero attached hydrogens (tertiary/aromatic N) is 7. The van der Waals surface area contributed by atoms with E-state index >= 15 is 0 Å². The van der Waals surface area contributed by atoms with Crippen LogP contribution in [0, 0.1) is 0 Å². The van der Waals surface area contributed by atoms with Gasteiger partial charge in [-0.3, -0.25) is 9.47 Å². The van der Waals surface area contributed by atoms with Gasteiger partial charge in [-0.15, -0.1) is 0 Å². The highest BCUT2D eigenvalue weighted by molar-refractivity contribution is 5.80. The molecule has 0 bridgehead atoms. The lowest BCUT2D eigenvalue weighted by atomic mass is 9.92. The average Bonchev–Trinajstić information content (AvgIpc) is 3.28. The molecule has 1 fully saturated rings. The van der Waals surface area contributed by atoms with Crippen molar-refractivity contribution in [3.05, 3.63) is 60.4 Å². The smallest absolute Gasteiger partial charge is 0.229 e. The first-order valence-corrected chi connectivity index (χ1v) is 13.3. The number of likely N-dealkylation sites (N-methyl/N-ethyl adjacent to an activating group) is 1. The fraction of sp³-hybridized carbons (Fsp3) is 0.414. The molecule has 0 radical (unpaired) electrons. The summed E-state index contributed by atoms with van der Waals surface area (Å²) in [5.74, 6) is 1.77. The minimum atomic E-state index is -0.117. The van der Waals surface area contributed by atoms with Crippen LogP contribution in [0.15, 0.2) is 54.7 Å². The summed E-state index contributed by atoms with van der Waals surface area (Å²) >= 11 is 0. The topological polar surface area (TPSA) is 91.4 Å². The predicted molar refractivity (Wildman–Crippen MR) is 157 cm³/mol. The molecule has 0 unspecified atom stereocenters. The first-order valence-electron chi connectivity index (χ1n) is 13.3. The average molecular weight is 514 g/mol. The number of nitrogen functional groups attached to an aromatic ring is 1. The molecule has 0 aliphatic carbocycles. The summed E-state index contributed by atoms with van der Waals surface area (Å²) in [6.07, 6.45) is 1.87. The fourth-order valence-corrected chi connectivity index (χ4v) is 4.85. The van der Waals surface area contributed by atoms with E-state index in [4.69, 9.17) is 10.7 Å². The van der Waals surface area contributed by atoms with E-state index in [9.17, 15) is 0 Å². The number of benzene rings is 1. The van der Waals surface area contributed by atoms with Crippen molar-refractivity contribution in [2.45, 2.75) is 26.2 Å². The van der Waals surface area contributed by atoms with Gasteiger partial charge in [-0.2, -0.15) is 4.98 Å². The van der Waals surface area contributed by atoms with Crippen molar-refractivity contribution < 1.29 is 0 Å². The number of rotatable bonds is 7. The normalized spacial score (nSPS) is 14.9. The van der Waals surface area contributed by atoms with Gasteiger partial charge in [0.05, 0.1) is 0 Å². The Labute approximate surface area is 225 Å². The molecule has 5 rings (SSSR count). The first kappa shape index (κ1) is 25.9. The summed E-state index contributed by atoms with van der Waals surface area (Å²) in [5.41, 5.74) is 10.0. The van der Waals surface area contributed by atoms with Crippen molar-refractivity contribution in [1.82, 2.24) is 29.3 Å². The molecule has 1 aliphatic rings. The number of hydrogen-bond donors (Lipinski definition) is 2. The molecule has 0 amide bonds. The molecule has 9 nitrogen and oxygen atoms in total. The van der Waals surface area contributed by atoms with Gasteiger partial charge >= 0.3 is 0 Å². The monoisotopic (exact) mass is 513 g/mol. The van der Waals surface area contributed by atoms with E-state index in [1.165, 1.54) is 5.69 Å². The molecule has 0 spiro atoms. The van der Waals surface area contributed by atoms with Crippen molar-refractivity contribution in [1.29, 1.82) is 0 Å². The van der Waals surface area contributed by atoms with Crippen LogP contribution in [0.3, 0.4) is 0 Å². The van der Waals surface area contributed by atoms with Crippen LogP contribution >= 0.6 is 0 Å². The Balaban J connectivity index is 1.34. The Morgan fingerprint density at radius 2 is 1.71 bits per heavy atom. The predicted octanol–water partition coefficient (Wildman–Crippen LogP) is 4.12. The van der Waals surface area contributed by atoms with Gasteiger partial charge in [-0.25, -0.2) is 9.97 Å². The molecular weight excluding hydrogens is 474 g/mol. The van der Waals surface area contributed by atoms with Crippen molar-refractivity contribution in [3.8, 4) is 5.82 Å². The molecular formula is C29H39N9. The number of pyridine rings is 1. The summed E-state index contributed by atoms with van der Waals surface area (Å²) < 4.78 is 2.08. The molecule has 3 aromatic heterocycles. The zero-order valence-electron chi connectivity index (χ0n) is 23.1. The SMILES string of the molecule is CN(C)CCN1CCN(c2ccc(Nc3ncc4cc(C(C)(C)C)n(-c5cccc(N)n5)c4n3)cc2)CC1. The lowest BCUT2D eigenvalue weighted by molar-refractivity contribution is 0.229. The number of piperazine rings is 1. The number of aromatic nitrogens is 4. The van der Waals surface area contributed by atoms with E-state index in [0.29, 0.717) is 11.8 Å². The zero-order valence-corrected chi connectivity index (χ0v) is 23.1. The van der Waals surface area contributed by atoms with Crippen LogP contribution in [0.5, 0.6) is 0 Å².